The van der Waals surface area contributed by atoms with Crippen molar-refractivity contribution in [2.75, 3.05) is 32.1 Å². The lowest BCUT2D eigenvalue weighted by atomic mass is 10.3. The molecule has 0 unspecified atom stereocenters. The van der Waals surface area contributed by atoms with Gasteiger partial charge in [-0.15, -0.1) is 0 Å². The van der Waals surface area contributed by atoms with E-state index in [0.29, 0.717) is 35.4 Å². The first-order chi connectivity index (χ1) is 9.56. The van der Waals surface area contributed by atoms with E-state index in [4.69, 9.17) is 33.2 Å². The van der Waals surface area contributed by atoms with Crippen molar-refractivity contribution in [3.63, 3.8) is 0 Å². The highest BCUT2D eigenvalue weighted by Crippen LogP contribution is 2.22. The third-order valence-corrected chi connectivity index (χ3v) is 2.90. The minimum absolute atomic E-state index is 0.257. The first-order valence-electron chi connectivity index (χ1n) is 5.94. The zero-order valence-corrected chi connectivity index (χ0v) is 12.5. The van der Waals surface area contributed by atoms with Crippen molar-refractivity contribution >= 4 is 34.9 Å². The molecule has 0 saturated carbocycles. The van der Waals surface area contributed by atoms with Gasteiger partial charge in [0.25, 0.3) is 0 Å². The van der Waals surface area contributed by atoms with Crippen molar-refractivity contribution in [1.29, 1.82) is 5.26 Å². The van der Waals surface area contributed by atoms with Gasteiger partial charge < -0.3 is 15.0 Å². The molecule has 0 saturated heterocycles. The van der Waals surface area contributed by atoms with Crippen molar-refractivity contribution in [2.45, 2.75) is 6.42 Å². The summed E-state index contributed by atoms with van der Waals surface area (Å²) in [7, 11) is 1.55. The molecule has 0 heterocycles. The maximum atomic E-state index is 12.1. The number of hydrogen-bond donors (Lipinski definition) is 1. The Morgan fingerprint density at radius 3 is 2.55 bits per heavy atom. The van der Waals surface area contributed by atoms with E-state index in [-0.39, 0.29) is 12.5 Å². The van der Waals surface area contributed by atoms with Crippen molar-refractivity contribution in [3.8, 4) is 6.07 Å². The van der Waals surface area contributed by atoms with Crippen LogP contribution in [0.25, 0.3) is 0 Å². The summed E-state index contributed by atoms with van der Waals surface area (Å²) in [4.78, 5) is 13.6. The molecule has 0 bridgehead atoms. The number of nitrogens with zero attached hydrogens (tertiary/aromatic N) is 2. The van der Waals surface area contributed by atoms with E-state index >= 15 is 0 Å². The summed E-state index contributed by atoms with van der Waals surface area (Å²) in [6, 6.07) is 6.47. The fourth-order valence-electron chi connectivity index (χ4n) is 1.53. The van der Waals surface area contributed by atoms with Crippen molar-refractivity contribution < 1.29 is 9.53 Å². The lowest BCUT2D eigenvalue weighted by Gasteiger charge is -2.21. The van der Waals surface area contributed by atoms with Crippen LogP contribution < -0.4 is 5.32 Å². The zero-order valence-electron chi connectivity index (χ0n) is 11.0. The summed E-state index contributed by atoms with van der Waals surface area (Å²) in [6.07, 6.45) is 0.257. The minimum atomic E-state index is -0.323. The van der Waals surface area contributed by atoms with Gasteiger partial charge in [0, 0.05) is 35.9 Å². The molecule has 1 rings (SSSR count). The second-order valence-electron chi connectivity index (χ2n) is 3.98. The van der Waals surface area contributed by atoms with Gasteiger partial charge in [0.2, 0.25) is 0 Å². The van der Waals surface area contributed by atoms with Gasteiger partial charge in [0.15, 0.2) is 0 Å². The Morgan fingerprint density at radius 2 is 2.00 bits per heavy atom. The quantitative estimate of drug-likeness (QED) is 0.875. The number of carbonyl (C=O) groups is 1. The molecule has 0 aliphatic carbocycles. The molecule has 0 fully saturated rings. The van der Waals surface area contributed by atoms with E-state index in [2.05, 4.69) is 5.32 Å². The van der Waals surface area contributed by atoms with E-state index in [1.807, 2.05) is 6.07 Å². The predicted octanol–water partition coefficient (Wildman–Crippen LogP) is 3.39. The van der Waals surface area contributed by atoms with Crippen LogP contribution in [-0.4, -0.2) is 37.7 Å². The normalized spacial score (nSPS) is 9.90. The van der Waals surface area contributed by atoms with Crippen LogP contribution in [-0.2, 0) is 4.74 Å². The number of amides is 2. The van der Waals surface area contributed by atoms with Crippen molar-refractivity contribution in [1.82, 2.24) is 4.90 Å². The molecule has 0 aliphatic heterocycles. The molecule has 0 radical (unpaired) electrons. The maximum Gasteiger partial charge on any atom is 0.321 e. The van der Waals surface area contributed by atoms with Crippen LogP contribution in [0.15, 0.2) is 18.2 Å². The van der Waals surface area contributed by atoms with Gasteiger partial charge >= 0.3 is 6.03 Å². The average molecular weight is 316 g/mol. The largest absolute Gasteiger partial charge is 0.383 e. The molecule has 0 spiro atoms. The van der Waals surface area contributed by atoms with Crippen LogP contribution in [0.2, 0.25) is 10.0 Å². The van der Waals surface area contributed by atoms with E-state index in [1.54, 1.807) is 25.3 Å². The highest BCUT2D eigenvalue weighted by atomic mass is 35.5. The Kier molecular flexibility index (Phi) is 7.16. The summed E-state index contributed by atoms with van der Waals surface area (Å²) in [6.45, 7) is 1.13. The molecule has 108 valence electrons. The highest BCUT2D eigenvalue weighted by Gasteiger charge is 2.13. The molecule has 20 heavy (non-hydrogen) atoms. The molecular formula is C13H15Cl2N3O2. The second kappa shape index (κ2) is 8.64. The lowest BCUT2D eigenvalue weighted by Crippen LogP contribution is -2.38. The Bertz CT molecular complexity index is 483. The van der Waals surface area contributed by atoms with Gasteiger partial charge in [-0.1, -0.05) is 23.2 Å². The Labute approximate surface area is 128 Å². The van der Waals surface area contributed by atoms with E-state index < -0.39 is 0 Å². The molecule has 0 atom stereocenters. The predicted molar refractivity (Wildman–Crippen MR) is 79.2 cm³/mol. The molecule has 1 aromatic carbocycles. The molecule has 5 nitrogen and oxygen atoms in total. The number of nitriles is 1. The van der Waals surface area contributed by atoms with Crippen molar-refractivity contribution in [2.24, 2.45) is 0 Å². The number of ether oxygens (including phenoxy) is 1. The highest BCUT2D eigenvalue weighted by molar-refractivity contribution is 6.35. The van der Waals surface area contributed by atoms with Crippen LogP contribution in [0.4, 0.5) is 10.5 Å². The van der Waals surface area contributed by atoms with Gasteiger partial charge in [-0.3, -0.25) is 0 Å². The number of carbonyl (C=O) groups excluding carboxylic acids is 1. The Morgan fingerprint density at radius 1 is 1.35 bits per heavy atom. The fraction of sp³-hybridized carbons (Fsp3) is 0.385. The van der Waals surface area contributed by atoms with Crippen LogP contribution in [0.5, 0.6) is 0 Å². The first-order valence-corrected chi connectivity index (χ1v) is 6.70. The standard InChI is InChI=1S/C13H15Cl2N3O2/c1-20-6-5-18(4-2-3-16)13(19)17-12-8-10(14)7-11(15)9-12/h7-9H,2,4-6H2,1H3,(H,17,19). The summed E-state index contributed by atoms with van der Waals surface area (Å²) in [5, 5.41) is 12.2. The third kappa shape index (κ3) is 5.66. The van der Waals surface area contributed by atoms with Gasteiger partial charge in [-0.25, -0.2) is 4.79 Å². The Hall–Kier alpha value is -1.48. The number of urea groups is 1. The van der Waals surface area contributed by atoms with Crippen LogP contribution in [0, 0.1) is 11.3 Å². The lowest BCUT2D eigenvalue weighted by molar-refractivity contribution is 0.156. The van der Waals surface area contributed by atoms with E-state index in [0.717, 1.165) is 0 Å². The van der Waals surface area contributed by atoms with Crippen LogP contribution in [0.3, 0.4) is 0 Å². The molecule has 1 N–H and O–H groups in total. The molecule has 0 aromatic heterocycles. The number of benzene rings is 1. The zero-order chi connectivity index (χ0) is 15.0. The molecule has 0 aliphatic rings. The topological polar surface area (TPSA) is 65.4 Å². The van der Waals surface area contributed by atoms with Gasteiger partial charge in [0.05, 0.1) is 19.1 Å². The van der Waals surface area contributed by atoms with Crippen LogP contribution in [0.1, 0.15) is 6.42 Å². The third-order valence-electron chi connectivity index (χ3n) is 2.46. The minimum Gasteiger partial charge on any atom is -0.383 e. The SMILES string of the molecule is COCCN(CCC#N)C(=O)Nc1cc(Cl)cc(Cl)c1. The monoisotopic (exact) mass is 315 g/mol. The fourth-order valence-corrected chi connectivity index (χ4v) is 2.06. The molecule has 7 heteroatoms. The van der Waals surface area contributed by atoms with Crippen LogP contribution >= 0.6 is 23.2 Å². The number of methoxy groups -OCH3 is 1. The summed E-state index contributed by atoms with van der Waals surface area (Å²) >= 11 is 11.7. The van der Waals surface area contributed by atoms with Gasteiger partial charge in [0.1, 0.15) is 0 Å². The number of nitrogens with one attached hydrogen (secondary N) is 1. The van der Waals surface area contributed by atoms with Crippen molar-refractivity contribution in [3.05, 3.63) is 28.2 Å². The maximum absolute atomic E-state index is 12.1. The number of anilines is 1. The Balaban J connectivity index is 2.71. The summed E-state index contributed by atoms with van der Waals surface area (Å²) < 4.78 is 4.94. The smallest absolute Gasteiger partial charge is 0.321 e. The van der Waals surface area contributed by atoms with E-state index in [1.165, 1.54) is 4.90 Å². The number of hydrogen-bond acceptors (Lipinski definition) is 3. The van der Waals surface area contributed by atoms with E-state index in [9.17, 15) is 4.79 Å². The number of rotatable bonds is 6. The summed E-state index contributed by atoms with van der Waals surface area (Å²) in [5.74, 6) is 0. The second-order valence-corrected chi connectivity index (χ2v) is 4.85. The average Bonchev–Trinajstić information content (AvgIpc) is 2.37. The van der Waals surface area contributed by atoms with Gasteiger partial charge in [-0.2, -0.15) is 5.26 Å². The number of halogens is 2. The molecular weight excluding hydrogens is 301 g/mol. The van der Waals surface area contributed by atoms with Gasteiger partial charge in [-0.05, 0) is 18.2 Å². The molecule has 1 aromatic rings. The first kappa shape index (κ1) is 16.6. The molecule has 2 amide bonds. The summed E-state index contributed by atoms with van der Waals surface area (Å²) in [5.41, 5.74) is 0.506.